The van der Waals surface area contributed by atoms with Crippen molar-refractivity contribution in [3.05, 3.63) is 71.6 Å². The Labute approximate surface area is 176 Å². The van der Waals surface area contributed by atoms with E-state index in [2.05, 4.69) is 21.5 Å². The largest absolute Gasteiger partial charge is 0.416 e. The zero-order valence-corrected chi connectivity index (χ0v) is 16.9. The number of aromatic amines is 1. The van der Waals surface area contributed by atoms with Gasteiger partial charge in [-0.25, -0.2) is 4.98 Å². The van der Waals surface area contributed by atoms with E-state index in [0.717, 1.165) is 23.4 Å². The number of H-pyrrole nitrogens is 1. The van der Waals surface area contributed by atoms with Gasteiger partial charge < -0.3 is 4.98 Å². The normalized spacial score (nSPS) is 15.0. The number of nitrogens with zero attached hydrogens (tertiary/aromatic N) is 3. The average molecular weight is 424 g/mol. The van der Waals surface area contributed by atoms with Crippen LogP contribution in [0.1, 0.15) is 25.8 Å². The SMILES string of the molecule is C=C(C)C=NC1=C(C)N(c2ccc(-c3nc4ccc(C(F)(F)F)cc4[nH]3)cc2)C(=O)C1. The number of imidazole rings is 1. The van der Waals surface area contributed by atoms with Gasteiger partial charge in [-0.15, -0.1) is 0 Å². The molecule has 0 spiro atoms. The topological polar surface area (TPSA) is 61.4 Å². The number of rotatable bonds is 4. The molecule has 0 saturated carbocycles. The Morgan fingerprint density at radius 3 is 2.58 bits per heavy atom. The Morgan fingerprint density at radius 1 is 1.23 bits per heavy atom. The Kier molecular flexibility index (Phi) is 5.00. The summed E-state index contributed by atoms with van der Waals surface area (Å²) >= 11 is 0. The highest BCUT2D eigenvalue weighted by atomic mass is 19.4. The fourth-order valence-corrected chi connectivity index (χ4v) is 3.42. The van der Waals surface area contributed by atoms with Crippen LogP contribution < -0.4 is 4.90 Å². The fourth-order valence-electron chi connectivity index (χ4n) is 3.42. The lowest BCUT2D eigenvalue weighted by atomic mass is 10.2. The minimum absolute atomic E-state index is 0.0810. The van der Waals surface area contributed by atoms with Gasteiger partial charge in [-0.1, -0.05) is 6.58 Å². The molecule has 3 aromatic rings. The smallest absolute Gasteiger partial charge is 0.338 e. The minimum atomic E-state index is -4.41. The molecule has 0 radical (unpaired) electrons. The number of aliphatic imine (C=N–C) groups is 1. The second kappa shape index (κ2) is 7.54. The number of alkyl halides is 3. The third-order valence-electron chi connectivity index (χ3n) is 4.97. The Bertz CT molecular complexity index is 1250. The Balaban J connectivity index is 1.63. The lowest BCUT2D eigenvalue weighted by Crippen LogP contribution is -2.23. The number of carbonyl (C=O) groups excluding carboxylic acids is 1. The molecule has 1 amide bonds. The number of anilines is 1. The summed E-state index contributed by atoms with van der Waals surface area (Å²) in [5.41, 5.74) is 3.63. The number of carbonyl (C=O) groups is 1. The summed E-state index contributed by atoms with van der Waals surface area (Å²) in [6, 6.07) is 10.5. The van der Waals surface area contributed by atoms with Crippen molar-refractivity contribution in [3.8, 4) is 11.4 Å². The maximum absolute atomic E-state index is 12.9. The van der Waals surface area contributed by atoms with Crippen molar-refractivity contribution in [1.82, 2.24) is 9.97 Å². The summed E-state index contributed by atoms with van der Waals surface area (Å²) in [6.07, 6.45) is -2.57. The van der Waals surface area contributed by atoms with Gasteiger partial charge in [-0.05, 0) is 61.9 Å². The number of amides is 1. The van der Waals surface area contributed by atoms with Crippen molar-refractivity contribution in [2.45, 2.75) is 26.4 Å². The first-order chi connectivity index (χ1) is 14.6. The molecule has 2 heterocycles. The van der Waals surface area contributed by atoms with E-state index < -0.39 is 11.7 Å². The number of allylic oxidation sites excluding steroid dienone is 2. The van der Waals surface area contributed by atoms with Gasteiger partial charge in [-0.2, -0.15) is 13.2 Å². The van der Waals surface area contributed by atoms with Crippen LogP contribution in [0.4, 0.5) is 18.9 Å². The number of hydrogen-bond donors (Lipinski definition) is 1. The second-order valence-corrected chi connectivity index (χ2v) is 7.40. The zero-order valence-electron chi connectivity index (χ0n) is 16.9. The van der Waals surface area contributed by atoms with Crippen molar-refractivity contribution >= 4 is 28.8 Å². The molecule has 8 heteroatoms. The molecule has 0 aliphatic carbocycles. The van der Waals surface area contributed by atoms with Crippen molar-refractivity contribution < 1.29 is 18.0 Å². The summed E-state index contributed by atoms with van der Waals surface area (Å²) in [5.74, 6) is 0.371. The Hall–Kier alpha value is -3.68. The van der Waals surface area contributed by atoms with Gasteiger partial charge in [0.2, 0.25) is 5.91 Å². The molecule has 1 aromatic heterocycles. The summed E-state index contributed by atoms with van der Waals surface area (Å²) in [6.45, 7) is 7.44. The van der Waals surface area contributed by atoms with Gasteiger partial charge in [0, 0.05) is 23.2 Å². The predicted octanol–water partition coefficient (Wildman–Crippen LogP) is 5.86. The summed E-state index contributed by atoms with van der Waals surface area (Å²) < 4.78 is 38.8. The highest BCUT2D eigenvalue weighted by Gasteiger charge is 2.31. The van der Waals surface area contributed by atoms with E-state index in [1.165, 1.54) is 6.07 Å². The quantitative estimate of drug-likeness (QED) is 0.533. The van der Waals surface area contributed by atoms with Crippen molar-refractivity contribution in [2.24, 2.45) is 4.99 Å². The van der Waals surface area contributed by atoms with E-state index in [9.17, 15) is 18.0 Å². The molecule has 31 heavy (non-hydrogen) atoms. The van der Waals surface area contributed by atoms with E-state index in [0.29, 0.717) is 33.8 Å². The maximum atomic E-state index is 12.9. The minimum Gasteiger partial charge on any atom is -0.338 e. The molecular weight excluding hydrogens is 405 g/mol. The highest BCUT2D eigenvalue weighted by Crippen LogP contribution is 2.33. The van der Waals surface area contributed by atoms with Crippen molar-refractivity contribution in [3.63, 3.8) is 0 Å². The molecule has 158 valence electrons. The van der Waals surface area contributed by atoms with Crippen LogP contribution in [-0.4, -0.2) is 22.1 Å². The van der Waals surface area contributed by atoms with Crippen LogP contribution in [-0.2, 0) is 11.0 Å². The molecule has 4 rings (SSSR count). The third kappa shape index (κ3) is 4.01. The molecule has 0 atom stereocenters. The van der Waals surface area contributed by atoms with Crippen LogP contribution in [0.15, 0.2) is 71.0 Å². The standard InChI is InChI=1S/C23H19F3N4O/c1-13(2)12-27-19-11-21(31)30(14(19)3)17-7-4-15(5-8-17)22-28-18-9-6-16(23(24,25)26)10-20(18)29-22/h4-10,12H,1,11H2,2-3H3,(H,28,29). The van der Waals surface area contributed by atoms with Gasteiger partial charge in [0.15, 0.2) is 0 Å². The monoisotopic (exact) mass is 424 g/mol. The number of benzene rings is 2. The van der Waals surface area contributed by atoms with E-state index in [-0.39, 0.29) is 12.3 Å². The molecule has 0 bridgehead atoms. The average Bonchev–Trinajstić information content (AvgIpc) is 3.25. The number of halogens is 3. The van der Waals surface area contributed by atoms with Crippen molar-refractivity contribution in [1.29, 1.82) is 0 Å². The molecule has 1 aliphatic rings. The maximum Gasteiger partial charge on any atom is 0.416 e. The van der Waals surface area contributed by atoms with Gasteiger partial charge >= 0.3 is 6.18 Å². The fraction of sp³-hybridized carbons (Fsp3) is 0.174. The first kappa shape index (κ1) is 20.6. The molecule has 0 fully saturated rings. The first-order valence-corrected chi connectivity index (χ1v) is 9.53. The summed E-state index contributed by atoms with van der Waals surface area (Å²) in [7, 11) is 0. The van der Waals surface area contributed by atoms with Crippen LogP contribution in [0.2, 0.25) is 0 Å². The molecule has 2 aromatic carbocycles. The number of aromatic nitrogens is 2. The van der Waals surface area contributed by atoms with Crippen LogP contribution in [0.3, 0.4) is 0 Å². The van der Waals surface area contributed by atoms with Gasteiger partial charge in [0.25, 0.3) is 0 Å². The van der Waals surface area contributed by atoms with Crippen LogP contribution in [0.5, 0.6) is 0 Å². The second-order valence-electron chi connectivity index (χ2n) is 7.40. The van der Waals surface area contributed by atoms with Crippen LogP contribution >= 0.6 is 0 Å². The number of hydrogen-bond acceptors (Lipinski definition) is 3. The molecule has 0 unspecified atom stereocenters. The van der Waals surface area contributed by atoms with E-state index >= 15 is 0 Å². The molecular formula is C23H19F3N4O. The van der Waals surface area contributed by atoms with Crippen molar-refractivity contribution in [2.75, 3.05) is 4.90 Å². The summed E-state index contributed by atoms with van der Waals surface area (Å²) in [5, 5.41) is 0. The van der Waals surface area contributed by atoms with E-state index in [4.69, 9.17) is 0 Å². The number of fused-ring (bicyclic) bond motifs is 1. The Morgan fingerprint density at radius 2 is 1.94 bits per heavy atom. The van der Waals surface area contributed by atoms with Gasteiger partial charge in [-0.3, -0.25) is 14.7 Å². The number of nitrogens with one attached hydrogen (secondary N) is 1. The lowest BCUT2D eigenvalue weighted by molar-refractivity contribution is -0.137. The highest BCUT2D eigenvalue weighted by molar-refractivity contribution is 6.01. The van der Waals surface area contributed by atoms with Crippen LogP contribution in [0, 0.1) is 0 Å². The molecule has 5 nitrogen and oxygen atoms in total. The van der Waals surface area contributed by atoms with E-state index in [1.54, 1.807) is 35.4 Å². The lowest BCUT2D eigenvalue weighted by Gasteiger charge is -2.18. The first-order valence-electron chi connectivity index (χ1n) is 9.53. The van der Waals surface area contributed by atoms with Gasteiger partial charge in [0.05, 0.1) is 28.7 Å². The third-order valence-corrected chi connectivity index (χ3v) is 4.97. The zero-order chi connectivity index (χ0) is 22.3. The van der Waals surface area contributed by atoms with Crippen LogP contribution in [0.25, 0.3) is 22.4 Å². The van der Waals surface area contributed by atoms with E-state index in [1.807, 2.05) is 13.8 Å². The molecule has 1 N–H and O–H groups in total. The summed E-state index contributed by atoms with van der Waals surface area (Å²) in [4.78, 5) is 25.8. The molecule has 0 saturated heterocycles. The molecule has 1 aliphatic heterocycles. The van der Waals surface area contributed by atoms with Gasteiger partial charge in [0.1, 0.15) is 5.82 Å². The predicted molar refractivity (Wildman–Crippen MR) is 115 cm³/mol.